The normalized spacial score (nSPS) is 13.9. The number of aliphatic hydroxyl groups is 2. The van der Waals surface area contributed by atoms with E-state index in [1.54, 1.807) is 20.8 Å². The number of nitrogens with zero attached hydrogens (tertiary/aromatic N) is 1. The maximum Gasteiger partial charge on any atom is 0.407 e. The first-order valence-electron chi connectivity index (χ1n) is 7.79. The van der Waals surface area contributed by atoms with Crippen LogP contribution in [0.25, 0.3) is 0 Å². The Labute approximate surface area is 141 Å². The van der Waals surface area contributed by atoms with Crippen molar-refractivity contribution >= 4 is 12.0 Å². The van der Waals surface area contributed by atoms with Crippen LogP contribution in [0.2, 0.25) is 0 Å². The van der Waals surface area contributed by atoms with Crippen LogP contribution in [0.15, 0.2) is 30.3 Å². The van der Waals surface area contributed by atoms with Crippen LogP contribution in [-0.2, 0) is 11.3 Å². The molecule has 2 atom stereocenters. The van der Waals surface area contributed by atoms with E-state index < -0.39 is 29.6 Å². The Morgan fingerprint density at radius 2 is 1.83 bits per heavy atom. The Bertz CT molecular complexity index is 547. The fraction of sp³-hybridized carbons (Fsp3) is 0.529. The van der Waals surface area contributed by atoms with Gasteiger partial charge in [0.05, 0.1) is 6.61 Å². The van der Waals surface area contributed by atoms with Crippen molar-refractivity contribution in [3.63, 3.8) is 0 Å². The Balaban J connectivity index is 2.64. The summed E-state index contributed by atoms with van der Waals surface area (Å²) in [6, 6.07) is 8.69. The van der Waals surface area contributed by atoms with Gasteiger partial charge in [-0.25, -0.2) is 4.79 Å². The van der Waals surface area contributed by atoms with Crippen LogP contribution in [0.4, 0.5) is 4.79 Å². The highest BCUT2D eigenvalue weighted by molar-refractivity contribution is 5.81. The molecule has 2 amide bonds. The van der Waals surface area contributed by atoms with Gasteiger partial charge in [-0.1, -0.05) is 44.2 Å². The SMILES string of the molecule is C[C@@H](CNC(=O)C(O)C(C)(C)CO)N(Cc1ccccc1)C(=O)O. The largest absolute Gasteiger partial charge is 0.465 e. The highest BCUT2D eigenvalue weighted by atomic mass is 16.4. The van der Waals surface area contributed by atoms with Gasteiger partial charge in [0.2, 0.25) is 5.91 Å². The maximum atomic E-state index is 12.0. The summed E-state index contributed by atoms with van der Waals surface area (Å²) < 4.78 is 0. The molecule has 0 aliphatic rings. The van der Waals surface area contributed by atoms with Crippen LogP contribution in [0.1, 0.15) is 26.3 Å². The van der Waals surface area contributed by atoms with E-state index in [2.05, 4.69) is 5.32 Å². The molecule has 0 fully saturated rings. The van der Waals surface area contributed by atoms with Gasteiger partial charge in [0.1, 0.15) is 6.10 Å². The van der Waals surface area contributed by atoms with E-state index >= 15 is 0 Å². The molecule has 0 aromatic heterocycles. The van der Waals surface area contributed by atoms with E-state index in [0.29, 0.717) is 0 Å². The minimum absolute atomic E-state index is 0.0660. The average molecular weight is 338 g/mol. The summed E-state index contributed by atoms with van der Waals surface area (Å²) in [6.45, 7) is 4.75. The summed E-state index contributed by atoms with van der Waals surface area (Å²) >= 11 is 0. The molecule has 1 rings (SSSR count). The lowest BCUT2D eigenvalue weighted by Crippen LogP contribution is -2.50. The topological polar surface area (TPSA) is 110 Å². The third-order valence-electron chi connectivity index (χ3n) is 3.94. The molecule has 1 aromatic carbocycles. The second kappa shape index (κ2) is 8.65. The number of benzene rings is 1. The van der Waals surface area contributed by atoms with Crippen molar-refractivity contribution in [2.75, 3.05) is 13.2 Å². The average Bonchev–Trinajstić information content (AvgIpc) is 2.57. The van der Waals surface area contributed by atoms with Gasteiger partial charge in [-0.3, -0.25) is 9.69 Å². The first kappa shape index (κ1) is 19.9. The third-order valence-corrected chi connectivity index (χ3v) is 3.94. The zero-order chi connectivity index (χ0) is 18.3. The van der Waals surface area contributed by atoms with Gasteiger partial charge in [0.15, 0.2) is 0 Å². The van der Waals surface area contributed by atoms with E-state index in [-0.39, 0.29) is 19.7 Å². The molecule has 0 saturated carbocycles. The van der Waals surface area contributed by atoms with Gasteiger partial charge in [0, 0.05) is 24.5 Å². The van der Waals surface area contributed by atoms with Crippen LogP contribution >= 0.6 is 0 Å². The Hall–Kier alpha value is -2.12. The zero-order valence-electron chi connectivity index (χ0n) is 14.3. The smallest absolute Gasteiger partial charge is 0.407 e. The van der Waals surface area contributed by atoms with Crippen molar-refractivity contribution in [2.24, 2.45) is 5.41 Å². The number of carbonyl (C=O) groups excluding carboxylic acids is 1. The summed E-state index contributed by atoms with van der Waals surface area (Å²) in [5.74, 6) is -0.633. The molecule has 7 nitrogen and oxygen atoms in total. The number of hydrogen-bond donors (Lipinski definition) is 4. The van der Waals surface area contributed by atoms with Crippen molar-refractivity contribution in [2.45, 2.75) is 39.5 Å². The Morgan fingerprint density at radius 3 is 2.33 bits per heavy atom. The third kappa shape index (κ3) is 5.50. The number of rotatable bonds is 8. The first-order chi connectivity index (χ1) is 11.2. The summed E-state index contributed by atoms with van der Waals surface area (Å²) in [5, 5.41) is 31.0. The van der Waals surface area contributed by atoms with E-state index in [4.69, 9.17) is 0 Å². The van der Waals surface area contributed by atoms with Crippen LogP contribution in [0.5, 0.6) is 0 Å². The van der Waals surface area contributed by atoms with Crippen LogP contribution < -0.4 is 5.32 Å². The molecular weight excluding hydrogens is 312 g/mol. The molecule has 4 N–H and O–H groups in total. The predicted octanol–water partition coefficient (Wildman–Crippen LogP) is 1.05. The van der Waals surface area contributed by atoms with Crippen molar-refractivity contribution in [1.29, 1.82) is 0 Å². The lowest BCUT2D eigenvalue weighted by Gasteiger charge is -2.30. The minimum atomic E-state index is -1.37. The number of aliphatic hydroxyl groups excluding tert-OH is 2. The molecule has 0 saturated heterocycles. The maximum absolute atomic E-state index is 12.0. The summed E-state index contributed by atoms with van der Waals surface area (Å²) in [7, 11) is 0. The number of amides is 2. The van der Waals surface area contributed by atoms with Crippen molar-refractivity contribution < 1.29 is 24.9 Å². The van der Waals surface area contributed by atoms with E-state index in [1.807, 2.05) is 30.3 Å². The van der Waals surface area contributed by atoms with Crippen molar-refractivity contribution in [1.82, 2.24) is 10.2 Å². The van der Waals surface area contributed by atoms with Gasteiger partial charge in [0.25, 0.3) is 0 Å². The Morgan fingerprint density at radius 1 is 1.25 bits per heavy atom. The van der Waals surface area contributed by atoms with Crippen molar-refractivity contribution in [3.05, 3.63) is 35.9 Å². The van der Waals surface area contributed by atoms with Gasteiger partial charge in [-0.15, -0.1) is 0 Å². The number of nitrogens with one attached hydrogen (secondary N) is 1. The molecule has 24 heavy (non-hydrogen) atoms. The van der Waals surface area contributed by atoms with Gasteiger partial charge < -0.3 is 20.6 Å². The first-order valence-corrected chi connectivity index (χ1v) is 7.79. The molecule has 0 spiro atoms. The van der Waals surface area contributed by atoms with Crippen LogP contribution in [0.3, 0.4) is 0 Å². The molecule has 7 heteroatoms. The molecule has 0 bridgehead atoms. The van der Waals surface area contributed by atoms with Crippen LogP contribution in [-0.4, -0.2) is 57.5 Å². The molecule has 1 unspecified atom stereocenters. The lowest BCUT2D eigenvalue weighted by molar-refractivity contribution is -0.137. The lowest BCUT2D eigenvalue weighted by atomic mass is 9.87. The van der Waals surface area contributed by atoms with Crippen molar-refractivity contribution in [3.8, 4) is 0 Å². The molecule has 0 heterocycles. The number of hydrogen-bond acceptors (Lipinski definition) is 4. The minimum Gasteiger partial charge on any atom is -0.465 e. The van der Waals surface area contributed by atoms with E-state index in [0.717, 1.165) is 5.56 Å². The van der Waals surface area contributed by atoms with E-state index in [9.17, 15) is 24.9 Å². The molecule has 0 aliphatic heterocycles. The number of carboxylic acid groups (broad SMARTS) is 1. The molecular formula is C17H26N2O5. The highest BCUT2D eigenvalue weighted by Crippen LogP contribution is 2.19. The summed E-state index contributed by atoms with van der Waals surface area (Å²) in [6.07, 6.45) is -2.46. The van der Waals surface area contributed by atoms with E-state index in [1.165, 1.54) is 4.90 Å². The predicted molar refractivity (Wildman–Crippen MR) is 89.4 cm³/mol. The fourth-order valence-corrected chi connectivity index (χ4v) is 2.09. The number of carbonyl (C=O) groups is 2. The second-order valence-electron chi connectivity index (χ2n) is 6.54. The summed E-state index contributed by atoms with van der Waals surface area (Å²) in [5.41, 5.74) is -0.122. The van der Waals surface area contributed by atoms with Crippen LogP contribution in [0, 0.1) is 5.41 Å². The Kier molecular flexibility index (Phi) is 7.18. The molecule has 0 aliphatic carbocycles. The quantitative estimate of drug-likeness (QED) is 0.566. The van der Waals surface area contributed by atoms with Gasteiger partial charge in [-0.2, -0.15) is 0 Å². The molecule has 134 valence electrons. The fourth-order valence-electron chi connectivity index (χ4n) is 2.09. The van der Waals surface area contributed by atoms with Gasteiger partial charge in [-0.05, 0) is 12.5 Å². The highest BCUT2D eigenvalue weighted by Gasteiger charge is 2.33. The molecule has 1 aromatic rings. The monoisotopic (exact) mass is 338 g/mol. The van der Waals surface area contributed by atoms with Gasteiger partial charge >= 0.3 is 6.09 Å². The summed E-state index contributed by atoms with van der Waals surface area (Å²) in [4.78, 5) is 24.6. The zero-order valence-corrected chi connectivity index (χ0v) is 14.3. The standard InChI is InChI=1S/C17H26N2O5/c1-12(9-18-15(22)14(21)17(2,3)11-20)19(16(23)24)10-13-7-5-4-6-8-13/h4-8,12,14,20-21H,9-11H2,1-3H3,(H,18,22)(H,23,24)/t12-,14?/m0/s1. The second-order valence-corrected chi connectivity index (χ2v) is 6.54. The molecule has 0 radical (unpaired) electrons.